The molecule has 2 atom stereocenters. The molecule has 0 rings (SSSR count). The first kappa shape index (κ1) is 31.3. The van der Waals surface area contributed by atoms with E-state index in [0.29, 0.717) is 12.8 Å². The Labute approximate surface area is 198 Å². The molecule has 0 radical (unpaired) electrons. The lowest BCUT2D eigenvalue weighted by molar-refractivity contribution is -0.166. The van der Waals surface area contributed by atoms with Gasteiger partial charge in [-0.1, -0.05) is 90.4 Å². The minimum Gasteiger partial charge on any atom is -0.481 e. The Bertz CT molecular complexity index is 533. The predicted molar refractivity (Wildman–Crippen MR) is 126 cm³/mol. The van der Waals surface area contributed by atoms with Gasteiger partial charge in [0.15, 0.2) is 0 Å². The Balaban J connectivity index is 4.60. The highest BCUT2D eigenvalue weighted by Crippen LogP contribution is 2.42. The molecule has 8 nitrogen and oxygen atoms in total. The average Bonchev–Trinajstić information content (AvgIpc) is 2.74. The summed E-state index contributed by atoms with van der Waals surface area (Å²) >= 11 is 0. The van der Waals surface area contributed by atoms with Crippen LogP contribution in [0.25, 0.3) is 0 Å². The van der Waals surface area contributed by atoms with Crippen molar-refractivity contribution in [2.75, 3.05) is 6.61 Å². The molecule has 0 saturated carbocycles. The quantitative estimate of drug-likeness (QED) is 0.132. The first-order valence-electron chi connectivity index (χ1n) is 12.7. The van der Waals surface area contributed by atoms with E-state index in [4.69, 9.17) is 0 Å². The molecule has 8 heteroatoms. The third-order valence-corrected chi connectivity index (χ3v) is 6.56. The summed E-state index contributed by atoms with van der Waals surface area (Å²) < 4.78 is 0. The number of aliphatic hydroxyl groups is 2. The fraction of sp³-hybridized carbons (Fsp3) is 0.880. The van der Waals surface area contributed by atoms with Crippen molar-refractivity contribution in [3.05, 3.63) is 0 Å². The third-order valence-electron chi connectivity index (χ3n) is 6.56. The van der Waals surface area contributed by atoms with E-state index in [1.165, 1.54) is 51.4 Å². The Morgan fingerprint density at radius 1 is 0.697 bits per heavy atom. The van der Waals surface area contributed by atoms with E-state index in [-0.39, 0.29) is 6.42 Å². The first-order valence-corrected chi connectivity index (χ1v) is 12.7. The molecule has 0 fully saturated rings. The largest absolute Gasteiger partial charge is 0.481 e. The zero-order chi connectivity index (χ0) is 25.1. The summed E-state index contributed by atoms with van der Waals surface area (Å²) in [7, 11) is 0. The molecule has 0 aromatic carbocycles. The fourth-order valence-electron chi connectivity index (χ4n) is 4.65. The predicted octanol–water partition coefficient (Wildman–Crippen LogP) is 4.85. The van der Waals surface area contributed by atoms with Gasteiger partial charge in [0.2, 0.25) is 0 Å². The van der Waals surface area contributed by atoms with Gasteiger partial charge in [-0.15, -0.1) is 0 Å². The summed E-state index contributed by atoms with van der Waals surface area (Å²) in [6, 6.07) is 0. The number of carboxylic acid groups (broad SMARTS) is 3. The number of carboxylic acids is 3. The molecule has 0 amide bonds. The van der Waals surface area contributed by atoms with Gasteiger partial charge in [0, 0.05) is 0 Å². The van der Waals surface area contributed by atoms with Crippen molar-refractivity contribution in [3.8, 4) is 0 Å². The van der Waals surface area contributed by atoms with Gasteiger partial charge < -0.3 is 25.5 Å². The van der Waals surface area contributed by atoms with Crippen molar-refractivity contribution < 1.29 is 39.9 Å². The summed E-state index contributed by atoms with van der Waals surface area (Å²) in [5.74, 6) is -5.14. The van der Waals surface area contributed by atoms with Gasteiger partial charge in [-0.3, -0.25) is 14.4 Å². The second-order valence-corrected chi connectivity index (χ2v) is 9.40. The van der Waals surface area contributed by atoms with Crippen molar-refractivity contribution in [1.82, 2.24) is 0 Å². The Kier molecular flexibility index (Phi) is 17.8. The van der Waals surface area contributed by atoms with Crippen LogP contribution in [0.5, 0.6) is 0 Å². The monoisotopic (exact) mass is 474 g/mol. The van der Waals surface area contributed by atoms with Crippen LogP contribution in [0.1, 0.15) is 116 Å². The summed E-state index contributed by atoms with van der Waals surface area (Å²) in [5, 5.41) is 47.5. The zero-order valence-electron chi connectivity index (χ0n) is 20.3. The first-order chi connectivity index (χ1) is 15.7. The van der Waals surface area contributed by atoms with E-state index >= 15 is 0 Å². The topological polar surface area (TPSA) is 152 Å². The average molecular weight is 475 g/mol. The number of hydrogen-bond donors (Lipinski definition) is 5. The lowest BCUT2D eigenvalue weighted by atomic mass is 9.66. The van der Waals surface area contributed by atoms with Crippen LogP contribution in [0, 0.1) is 11.3 Å². The highest BCUT2D eigenvalue weighted by atomic mass is 16.4. The number of rotatable bonds is 23. The molecule has 0 aromatic heterocycles. The number of aliphatic hydroxyl groups excluding tert-OH is 2. The molecular weight excluding hydrogens is 428 g/mol. The Hall–Kier alpha value is -1.67. The van der Waals surface area contributed by atoms with Crippen LogP contribution in [0.4, 0.5) is 0 Å². The van der Waals surface area contributed by atoms with Crippen molar-refractivity contribution >= 4 is 17.9 Å². The molecule has 2 unspecified atom stereocenters. The summed E-state index contributed by atoms with van der Waals surface area (Å²) in [5.41, 5.74) is -2.02. The van der Waals surface area contributed by atoms with E-state index in [9.17, 15) is 39.9 Å². The second kappa shape index (κ2) is 18.7. The number of hydrogen-bond acceptors (Lipinski definition) is 5. The van der Waals surface area contributed by atoms with E-state index in [0.717, 1.165) is 25.7 Å². The van der Waals surface area contributed by atoms with Crippen LogP contribution in [0.3, 0.4) is 0 Å². The highest BCUT2D eigenvalue weighted by molar-refractivity contribution is 5.86. The molecule has 0 aromatic rings. The maximum atomic E-state index is 12.1. The van der Waals surface area contributed by atoms with Gasteiger partial charge in [0.1, 0.15) is 0 Å². The lowest BCUT2D eigenvalue weighted by Crippen LogP contribution is -2.44. The summed E-state index contributed by atoms with van der Waals surface area (Å²) in [6.45, 7) is 1.62. The molecule has 194 valence electrons. The lowest BCUT2D eigenvalue weighted by Gasteiger charge is -2.36. The molecule has 0 bridgehead atoms. The van der Waals surface area contributed by atoms with Crippen LogP contribution in [-0.4, -0.2) is 56.2 Å². The van der Waals surface area contributed by atoms with Crippen molar-refractivity contribution in [1.29, 1.82) is 0 Å². The van der Waals surface area contributed by atoms with E-state index < -0.39 is 54.8 Å². The molecule has 0 saturated heterocycles. The second-order valence-electron chi connectivity index (χ2n) is 9.40. The molecule has 33 heavy (non-hydrogen) atoms. The standard InChI is InChI=1S/C25H46O8/c1-2-3-4-5-6-7-8-9-10-11-12-13-14-15-20(16-21(27)19-26)25(24(32)33,17-22(28)29)18-23(30)31/h20-21,26-27H,2-19H2,1H3,(H,28,29)(H,30,31)(H,32,33). The number of unbranched alkanes of at least 4 members (excludes halogenated alkanes) is 12. The van der Waals surface area contributed by atoms with Gasteiger partial charge in [-0.05, 0) is 18.8 Å². The van der Waals surface area contributed by atoms with Gasteiger partial charge in [-0.25, -0.2) is 0 Å². The van der Waals surface area contributed by atoms with E-state index in [1.54, 1.807) is 0 Å². The number of aliphatic carboxylic acids is 3. The molecule has 0 heterocycles. The maximum Gasteiger partial charge on any atom is 0.311 e. The molecular formula is C25H46O8. The zero-order valence-corrected chi connectivity index (χ0v) is 20.3. The fourth-order valence-corrected chi connectivity index (χ4v) is 4.65. The van der Waals surface area contributed by atoms with Crippen LogP contribution in [0.15, 0.2) is 0 Å². The van der Waals surface area contributed by atoms with Gasteiger partial charge in [-0.2, -0.15) is 0 Å². The number of carbonyl (C=O) groups is 3. The molecule has 0 aliphatic heterocycles. The Morgan fingerprint density at radius 3 is 1.42 bits per heavy atom. The van der Waals surface area contributed by atoms with Crippen molar-refractivity contribution in [2.45, 2.75) is 122 Å². The SMILES string of the molecule is CCCCCCCCCCCCCCCC(CC(O)CO)C(CC(=O)O)(CC(=O)O)C(=O)O. The molecule has 5 N–H and O–H groups in total. The van der Waals surface area contributed by atoms with Crippen LogP contribution in [-0.2, 0) is 14.4 Å². The normalized spacial score (nSPS) is 13.5. The molecule has 0 aliphatic rings. The van der Waals surface area contributed by atoms with E-state index in [2.05, 4.69) is 6.92 Å². The minimum atomic E-state index is -2.02. The molecule has 0 aliphatic carbocycles. The smallest absolute Gasteiger partial charge is 0.311 e. The van der Waals surface area contributed by atoms with Gasteiger partial charge in [0.05, 0.1) is 31.0 Å². The van der Waals surface area contributed by atoms with E-state index in [1.807, 2.05) is 0 Å². The van der Waals surface area contributed by atoms with Crippen molar-refractivity contribution in [3.63, 3.8) is 0 Å². The minimum absolute atomic E-state index is 0.151. The maximum absolute atomic E-state index is 12.1. The third kappa shape index (κ3) is 14.3. The van der Waals surface area contributed by atoms with Crippen LogP contribution in [0.2, 0.25) is 0 Å². The summed E-state index contributed by atoms with van der Waals surface area (Å²) in [6.07, 6.45) is 12.2. The van der Waals surface area contributed by atoms with Gasteiger partial charge >= 0.3 is 17.9 Å². The molecule has 0 spiro atoms. The Morgan fingerprint density at radius 2 is 1.09 bits per heavy atom. The van der Waals surface area contributed by atoms with Crippen molar-refractivity contribution in [2.24, 2.45) is 11.3 Å². The summed E-state index contributed by atoms with van der Waals surface area (Å²) in [4.78, 5) is 34.8. The highest BCUT2D eigenvalue weighted by Gasteiger charge is 2.49. The van der Waals surface area contributed by atoms with Gasteiger partial charge in [0.25, 0.3) is 0 Å². The van der Waals surface area contributed by atoms with Crippen LogP contribution < -0.4 is 0 Å². The van der Waals surface area contributed by atoms with Crippen LogP contribution >= 0.6 is 0 Å².